The number of imidazole rings is 1. The van der Waals surface area contributed by atoms with E-state index in [1.165, 1.54) is 23.5 Å². The summed E-state index contributed by atoms with van der Waals surface area (Å²) in [7, 11) is 0. The molecular weight excluding hydrogens is 390 g/mol. The summed E-state index contributed by atoms with van der Waals surface area (Å²) in [5.41, 5.74) is 2.98. The van der Waals surface area contributed by atoms with E-state index in [4.69, 9.17) is 4.42 Å². The van der Waals surface area contributed by atoms with Crippen molar-refractivity contribution in [3.8, 4) is 11.3 Å². The number of hydrogen-bond donors (Lipinski definition) is 0. The van der Waals surface area contributed by atoms with Gasteiger partial charge in [-0.15, -0.1) is 0 Å². The minimum Gasteiger partial charge on any atom is -0.457 e. The molecule has 0 saturated heterocycles. The first-order valence-electron chi connectivity index (χ1n) is 8.78. The van der Waals surface area contributed by atoms with Gasteiger partial charge in [0.1, 0.15) is 16.1 Å². The lowest BCUT2D eigenvalue weighted by Crippen LogP contribution is -2.22. The quantitative estimate of drug-likeness (QED) is 0.336. The molecular formula is C21H13N3O4S. The van der Waals surface area contributed by atoms with E-state index >= 15 is 0 Å². The molecule has 0 radical (unpaired) electrons. The zero-order chi connectivity index (χ0) is 20.1. The smallest absolute Gasteiger partial charge is 0.275 e. The predicted molar refractivity (Wildman–Crippen MR) is 111 cm³/mol. The average Bonchev–Trinajstić information content (AvgIpc) is 3.38. The molecule has 0 aliphatic carbocycles. The van der Waals surface area contributed by atoms with Crippen molar-refractivity contribution in [2.24, 2.45) is 0 Å². The summed E-state index contributed by atoms with van der Waals surface area (Å²) < 4.78 is 8.02. The van der Waals surface area contributed by atoms with Crippen LogP contribution in [-0.4, -0.2) is 14.3 Å². The Morgan fingerprint density at radius 1 is 1.17 bits per heavy atom. The molecule has 8 heteroatoms. The number of aromatic nitrogens is 2. The summed E-state index contributed by atoms with van der Waals surface area (Å²) in [6, 6.07) is 15.7. The SMILES string of the molecule is Cc1cc([N+](=O)[O-])ccc1-c1ccc(C=c2sc3nc4ccccc4n3c2=O)o1. The second-order valence-electron chi connectivity index (χ2n) is 6.59. The van der Waals surface area contributed by atoms with Crippen LogP contribution in [-0.2, 0) is 0 Å². The zero-order valence-corrected chi connectivity index (χ0v) is 16.0. The molecule has 5 aromatic rings. The van der Waals surface area contributed by atoms with Crippen molar-refractivity contribution in [1.82, 2.24) is 9.38 Å². The highest BCUT2D eigenvalue weighted by molar-refractivity contribution is 7.15. The highest BCUT2D eigenvalue weighted by Crippen LogP contribution is 2.28. The molecule has 0 aliphatic heterocycles. The fraction of sp³-hybridized carbons (Fsp3) is 0.0476. The molecule has 3 aromatic heterocycles. The Morgan fingerprint density at radius 2 is 2.00 bits per heavy atom. The molecule has 0 fully saturated rings. The van der Waals surface area contributed by atoms with E-state index in [1.807, 2.05) is 24.3 Å². The average molecular weight is 403 g/mol. The molecule has 0 bridgehead atoms. The van der Waals surface area contributed by atoms with E-state index in [0.29, 0.717) is 21.0 Å². The number of furan rings is 1. The number of thiazole rings is 1. The first kappa shape index (κ1) is 17.3. The van der Waals surface area contributed by atoms with Gasteiger partial charge in [0.2, 0.25) is 0 Å². The van der Waals surface area contributed by atoms with Crippen LogP contribution in [0.5, 0.6) is 0 Å². The third-order valence-electron chi connectivity index (χ3n) is 4.73. The normalized spacial score (nSPS) is 12.2. The molecule has 5 rings (SSSR count). The van der Waals surface area contributed by atoms with Gasteiger partial charge in [-0.2, -0.15) is 0 Å². The van der Waals surface area contributed by atoms with Crippen molar-refractivity contribution in [2.45, 2.75) is 6.92 Å². The number of nitrogens with zero attached hydrogens (tertiary/aromatic N) is 3. The van der Waals surface area contributed by atoms with E-state index in [1.54, 1.807) is 35.6 Å². The second kappa shape index (κ2) is 6.39. The Morgan fingerprint density at radius 3 is 2.79 bits per heavy atom. The fourth-order valence-electron chi connectivity index (χ4n) is 3.35. The molecule has 142 valence electrons. The van der Waals surface area contributed by atoms with Crippen molar-refractivity contribution in [3.05, 3.63) is 90.9 Å². The van der Waals surface area contributed by atoms with Gasteiger partial charge in [-0.1, -0.05) is 23.5 Å². The first-order valence-corrected chi connectivity index (χ1v) is 9.60. The van der Waals surface area contributed by atoms with Crippen LogP contribution in [0, 0.1) is 17.0 Å². The second-order valence-corrected chi connectivity index (χ2v) is 7.60. The molecule has 0 atom stereocenters. The van der Waals surface area contributed by atoms with Crippen LogP contribution in [0.15, 0.2) is 63.8 Å². The number of nitro groups is 1. The maximum absolute atomic E-state index is 12.8. The van der Waals surface area contributed by atoms with Gasteiger partial charge in [-0.05, 0) is 42.8 Å². The molecule has 7 nitrogen and oxygen atoms in total. The number of fused-ring (bicyclic) bond motifs is 3. The summed E-state index contributed by atoms with van der Waals surface area (Å²) in [5, 5.41) is 10.9. The number of nitro benzene ring substituents is 1. The van der Waals surface area contributed by atoms with E-state index in [2.05, 4.69) is 4.98 Å². The van der Waals surface area contributed by atoms with E-state index < -0.39 is 4.92 Å². The van der Waals surface area contributed by atoms with Crippen molar-refractivity contribution >= 4 is 39.1 Å². The Balaban J connectivity index is 1.58. The highest BCUT2D eigenvalue weighted by atomic mass is 32.1. The molecule has 0 unspecified atom stereocenters. The number of non-ortho nitro benzene ring substituents is 1. The standard InChI is InChI=1S/C21H13N3O4S/c1-12-10-13(24(26)27)6-8-15(12)18-9-7-14(28-18)11-19-20(25)23-17-5-3-2-4-16(17)22-21(23)29-19/h2-11H,1H3. The minimum atomic E-state index is -0.426. The topological polar surface area (TPSA) is 90.6 Å². The Kier molecular flexibility index (Phi) is 3.82. The van der Waals surface area contributed by atoms with Gasteiger partial charge in [0.25, 0.3) is 11.2 Å². The molecule has 3 heterocycles. The van der Waals surface area contributed by atoms with Crippen molar-refractivity contribution in [3.63, 3.8) is 0 Å². The molecule has 2 aromatic carbocycles. The first-order chi connectivity index (χ1) is 14.0. The zero-order valence-electron chi connectivity index (χ0n) is 15.2. The van der Waals surface area contributed by atoms with Crippen molar-refractivity contribution in [2.75, 3.05) is 0 Å². The molecule has 0 aliphatic rings. The summed E-state index contributed by atoms with van der Waals surface area (Å²) >= 11 is 1.31. The number of hydrogen-bond acceptors (Lipinski definition) is 6. The van der Waals surface area contributed by atoms with Crippen LogP contribution in [0.25, 0.3) is 33.4 Å². The van der Waals surface area contributed by atoms with Crippen molar-refractivity contribution in [1.29, 1.82) is 0 Å². The number of para-hydroxylation sites is 2. The van der Waals surface area contributed by atoms with Gasteiger partial charge < -0.3 is 4.42 Å². The lowest BCUT2D eigenvalue weighted by molar-refractivity contribution is -0.384. The molecule has 0 saturated carbocycles. The Labute approximate surface area is 167 Å². The summed E-state index contributed by atoms with van der Waals surface area (Å²) in [5.74, 6) is 1.12. The summed E-state index contributed by atoms with van der Waals surface area (Å²) in [6.07, 6.45) is 1.70. The molecule has 29 heavy (non-hydrogen) atoms. The summed E-state index contributed by atoms with van der Waals surface area (Å²) in [4.78, 5) is 28.5. The van der Waals surface area contributed by atoms with Crippen LogP contribution in [0.4, 0.5) is 5.69 Å². The van der Waals surface area contributed by atoms with Crippen LogP contribution in [0.2, 0.25) is 0 Å². The van der Waals surface area contributed by atoms with Gasteiger partial charge in [0.05, 0.1) is 16.0 Å². The maximum Gasteiger partial charge on any atom is 0.275 e. The minimum absolute atomic E-state index is 0.0368. The third kappa shape index (κ3) is 2.81. The third-order valence-corrected chi connectivity index (χ3v) is 5.70. The maximum atomic E-state index is 12.8. The molecule has 0 N–H and O–H groups in total. The van der Waals surface area contributed by atoms with E-state index in [9.17, 15) is 14.9 Å². The molecule has 0 spiro atoms. The van der Waals surface area contributed by atoms with Crippen LogP contribution >= 0.6 is 11.3 Å². The van der Waals surface area contributed by atoms with Gasteiger partial charge >= 0.3 is 0 Å². The number of rotatable bonds is 3. The largest absolute Gasteiger partial charge is 0.457 e. The van der Waals surface area contributed by atoms with Crippen LogP contribution < -0.4 is 10.1 Å². The lowest BCUT2D eigenvalue weighted by atomic mass is 10.1. The number of aryl methyl sites for hydroxylation is 1. The predicted octanol–water partition coefficient (Wildman–Crippen LogP) is 3.93. The van der Waals surface area contributed by atoms with E-state index in [-0.39, 0.29) is 11.2 Å². The van der Waals surface area contributed by atoms with Crippen molar-refractivity contribution < 1.29 is 9.34 Å². The Hall–Kier alpha value is -3.78. The fourth-order valence-corrected chi connectivity index (χ4v) is 4.32. The highest BCUT2D eigenvalue weighted by Gasteiger charge is 2.13. The van der Waals surface area contributed by atoms with Gasteiger partial charge in [0.15, 0.2) is 4.96 Å². The van der Waals surface area contributed by atoms with Gasteiger partial charge in [0, 0.05) is 23.8 Å². The lowest BCUT2D eigenvalue weighted by Gasteiger charge is -2.02. The van der Waals surface area contributed by atoms with Gasteiger partial charge in [-0.25, -0.2) is 9.38 Å². The van der Waals surface area contributed by atoms with E-state index in [0.717, 1.165) is 22.2 Å². The van der Waals surface area contributed by atoms with Crippen LogP contribution in [0.3, 0.4) is 0 Å². The number of benzene rings is 2. The van der Waals surface area contributed by atoms with Crippen LogP contribution in [0.1, 0.15) is 11.3 Å². The molecule has 0 amide bonds. The Bertz CT molecular complexity index is 1530. The summed E-state index contributed by atoms with van der Waals surface area (Å²) in [6.45, 7) is 1.80. The monoisotopic (exact) mass is 403 g/mol. The van der Waals surface area contributed by atoms with Gasteiger partial charge in [-0.3, -0.25) is 14.9 Å².